The SMILES string of the molecule is Cc1cc(CN2CCC(=O)N3CCCC3C2=O)on1. The minimum atomic E-state index is -0.265. The zero-order valence-electron chi connectivity index (χ0n) is 11.0. The Morgan fingerprint density at radius 2 is 2.26 bits per heavy atom. The summed E-state index contributed by atoms with van der Waals surface area (Å²) in [5, 5.41) is 3.82. The van der Waals surface area contributed by atoms with Crippen LogP contribution < -0.4 is 0 Å². The number of carbonyl (C=O) groups excluding carboxylic acids is 2. The molecular weight excluding hydrogens is 246 g/mol. The number of hydrogen-bond donors (Lipinski definition) is 0. The third-order valence-corrected chi connectivity index (χ3v) is 3.79. The Balaban J connectivity index is 1.78. The van der Waals surface area contributed by atoms with Gasteiger partial charge in [0.1, 0.15) is 6.04 Å². The second-order valence-corrected chi connectivity index (χ2v) is 5.19. The van der Waals surface area contributed by atoms with Crippen molar-refractivity contribution in [1.82, 2.24) is 15.0 Å². The van der Waals surface area contributed by atoms with Gasteiger partial charge in [-0.15, -0.1) is 0 Å². The quantitative estimate of drug-likeness (QED) is 0.788. The lowest BCUT2D eigenvalue weighted by atomic mass is 10.2. The van der Waals surface area contributed by atoms with Gasteiger partial charge in [-0.05, 0) is 19.8 Å². The smallest absolute Gasteiger partial charge is 0.245 e. The number of amides is 2. The van der Waals surface area contributed by atoms with E-state index in [-0.39, 0.29) is 17.9 Å². The van der Waals surface area contributed by atoms with Gasteiger partial charge in [-0.1, -0.05) is 5.16 Å². The first-order valence-corrected chi connectivity index (χ1v) is 6.65. The third-order valence-electron chi connectivity index (χ3n) is 3.79. The van der Waals surface area contributed by atoms with Crippen LogP contribution >= 0.6 is 0 Å². The average Bonchev–Trinajstić information content (AvgIpc) is 2.99. The zero-order valence-corrected chi connectivity index (χ0v) is 11.0. The fourth-order valence-corrected chi connectivity index (χ4v) is 2.85. The van der Waals surface area contributed by atoms with Gasteiger partial charge < -0.3 is 14.3 Å². The van der Waals surface area contributed by atoms with E-state index in [4.69, 9.17) is 4.52 Å². The minimum absolute atomic E-state index is 0.0393. The van der Waals surface area contributed by atoms with Crippen LogP contribution in [0.15, 0.2) is 10.6 Å². The monoisotopic (exact) mass is 263 g/mol. The van der Waals surface area contributed by atoms with Crippen molar-refractivity contribution in [2.24, 2.45) is 0 Å². The summed E-state index contributed by atoms with van der Waals surface area (Å²) >= 11 is 0. The van der Waals surface area contributed by atoms with Gasteiger partial charge in [0.2, 0.25) is 11.8 Å². The molecule has 2 aliphatic rings. The van der Waals surface area contributed by atoms with Crippen LogP contribution in [0.3, 0.4) is 0 Å². The highest BCUT2D eigenvalue weighted by molar-refractivity contribution is 5.90. The van der Waals surface area contributed by atoms with Gasteiger partial charge in [-0.25, -0.2) is 0 Å². The fraction of sp³-hybridized carbons (Fsp3) is 0.615. The van der Waals surface area contributed by atoms with Crippen LogP contribution in [0.4, 0.5) is 0 Å². The Hall–Kier alpha value is -1.85. The second kappa shape index (κ2) is 4.68. The standard InChI is InChI=1S/C13H17N3O3/c1-9-7-10(19-14-9)8-15-6-4-12(17)16-5-2-3-11(16)13(15)18/h7,11H,2-6,8H2,1H3. The summed E-state index contributed by atoms with van der Waals surface area (Å²) in [6.45, 7) is 3.42. The van der Waals surface area contributed by atoms with Crippen molar-refractivity contribution in [3.63, 3.8) is 0 Å². The van der Waals surface area contributed by atoms with Crippen LogP contribution in [0.25, 0.3) is 0 Å². The van der Waals surface area contributed by atoms with E-state index in [0.717, 1.165) is 18.5 Å². The molecule has 0 radical (unpaired) electrons. The predicted octanol–water partition coefficient (Wildman–Crippen LogP) is 0.706. The summed E-state index contributed by atoms with van der Waals surface area (Å²) in [4.78, 5) is 27.9. The lowest BCUT2D eigenvalue weighted by Gasteiger charge is -2.24. The van der Waals surface area contributed by atoms with Crippen molar-refractivity contribution in [2.75, 3.05) is 13.1 Å². The van der Waals surface area contributed by atoms with Crippen molar-refractivity contribution in [3.8, 4) is 0 Å². The molecule has 0 spiro atoms. The minimum Gasteiger partial charge on any atom is -0.359 e. The second-order valence-electron chi connectivity index (χ2n) is 5.19. The van der Waals surface area contributed by atoms with Crippen LogP contribution in [-0.2, 0) is 16.1 Å². The third kappa shape index (κ3) is 2.22. The number of rotatable bonds is 2. The topological polar surface area (TPSA) is 66.7 Å². The van der Waals surface area contributed by atoms with Gasteiger partial charge in [0.15, 0.2) is 5.76 Å². The molecular formula is C13H17N3O3. The first kappa shape index (κ1) is 12.2. The van der Waals surface area contributed by atoms with Crippen molar-refractivity contribution < 1.29 is 14.1 Å². The van der Waals surface area contributed by atoms with E-state index in [1.54, 1.807) is 9.80 Å². The normalized spacial score (nSPS) is 23.7. The lowest BCUT2D eigenvalue weighted by Crippen LogP contribution is -2.43. The molecule has 1 aromatic rings. The Bertz CT molecular complexity index is 511. The van der Waals surface area contributed by atoms with Crippen LogP contribution in [0, 0.1) is 6.92 Å². The Labute approximate surface area is 111 Å². The first-order chi connectivity index (χ1) is 9.15. The molecule has 6 nitrogen and oxygen atoms in total. The Morgan fingerprint density at radius 3 is 3.00 bits per heavy atom. The van der Waals surface area contributed by atoms with E-state index in [1.165, 1.54) is 0 Å². The molecule has 0 saturated carbocycles. The van der Waals surface area contributed by atoms with Crippen molar-refractivity contribution in [1.29, 1.82) is 0 Å². The average molecular weight is 263 g/mol. The van der Waals surface area contributed by atoms with E-state index >= 15 is 0 Å². The van der Waals surface area contributed by atoms with Gasteiger partial charge >= 0.3 is 0 Å². The molecule has 0 aromatic carbocycles. The summed E-state index contributed by atoms with van der Waals surface area (Å²) in [6.07, 6.45) is 2.09. The van der Waals surface area contributed by atoms with E-state index < -0.39 is 0 Å². The van der Waals surface area contributed by atoms with E-state index in [1.807, 2.05) is 13.0 Å². The van der Waals surface area contributed by atoms with Crippen LogP contribution in [0.1, 0.15) is 30.7 Å². The molecule has 0 bridgehead atoms. The molecule has 1 aromatic heterocycles. The molecule has 2 fully saturated rings. The lowest BCUT2D eigenvalue weighted by molar-refractivity contribution is -0.139. The number of nitrogens with zero attached hydrogens (tertiary/aromatic N) is 3. The maximum Gasteiger partial charge on any atom is 0.245 e. The summed E-state index contributed by atoms with van der Waals surface area (Å²) in [5.41, 5.74) is 0.802. The fourth-order valence-electron chi connectivity index (χ4n) is 2.85. The maximum absolute atomic E-state index is 12.5. The molecule has 0 N–H and O–H groups in total. The van der Waals surface area contributed by atoms with Gasteiger partial charge in [0.05, 0.1) is 12.2 Å². The molecule has 3 rings (SSSR count). The highest BCUT2D eigenvalue weighted by Gasteiger charge is 2.39. The summed E-state index contributed by atoms with van der Waals surface area (Å²) < 4.78 is 5.15. The van der Waals surface area contributed by atoms with E-state index in [9.17, 15) is 9.59 Å². The molecule has 1 unspecified atom stereocenters. The molecule has 6 heteroatoms. The first-order valence-electron chi connectivity index (χ1n) is 6.65. The van der Waals surface area contributed by atoms with Crippen LogP contribution in [0.2, 0.25) is 0 Å². The predicted molar refractivity (Wildman–Crippen MR) is 66.0 cm³/mol. The van der Waals surface area contributed by atoms with E-state index in [2.05, 4.69) is 5.16 Å². The Morgan fingerprint density at radius 1 is 1.42 bits per heavy atom. The number of aryl methyl sites for hydroxylation is 1. The highest BCUT2D eigenvalue weighted by Crippen LogP contribution is 2.24. The highest BCUT2D eigenvalue weighted by atomic mass is 16.5. The van der Waals surface area contributed by atoms with E-state index in [0.29, 0.717) is 31.8 Å². The van der Waals surface area contributed by atoms with Gasteiger partial charge in [0.25, 0.3) is 0 Å². The molecule has 19 heavy (non-hydrogen) atoms. The number of fused-ring (bicyclic) bond motifs is 1. The molecule has 2 amide bonds. The van der Waals surface area contributed by atoms with Crippen molar-refractivity contribution in [3.05, 3.63) is 17.5 Å². The molecule has 3 heterocycles. The largest absolute Gasteiger partial charge is 0.359 e. The van der Waals surface area contributed by atoms with Gasteiger partial charge in [-0.3, -0.25) is 9.59 Å². The van der Waals surface area contributed by atoms with Gasteiger partial charge in [-0.2, -0.15) is 0 Å². The number of hydrogen-bond acceptors (Lipinski definition) is 4. The van der Waals surface area contributed by atoms with Gasteiger partial charge in [0, 0.05) is 25.6 Å². The van der Waals surface area contributed by atoms with Crippen LogP contribution in [0.5, 0.6) is 0 Å². The molecule has 0 aliphatic carbocycles. The summed E-state index contributed by atoms with van der Waals surface area (Å²) in [5.74, 6) is 0.800. The van der Waals surface area contributed by atoms with Crippen molar-refractivity contribution in [2.45, 2.75) is 38.8 Å². The molecule has 2 saturated heterocycles. The van der Waals surface area contributed by atoms with Crippen molar-refractivity contribution >= 4 is 11.8 Å². The Kier molecular flexibility index (Phi) is 3.00. The number of aromatic nitrogens is 1. The molecule has 1 atom stereocenters. The molecule has 2 aliphatic heterocycles. The number of carbonyl (C=O) groups is 2. The molecule has 102 valence electrons. The zero-order chi connectivity index (χ0) is 13.4. The maximum atomic E-state index is 12.5. The summed E-state index contributed by atoms with van der Waals surface area (Å²) in [7, 11) is 0. The summed E-state index contributed by atoms with van der Waals surface area (Å²) in [6, 6.07) is 1.56. The van der Waals surface area contributed by atoms with Crippen LogP contribution in [-0.4, -0.2) is 45.9 Å².